The van der Waals surface area contributed by atoms with Crippen molar-refractivity contribution in [3.05, 3.63) is 42.5 Å². The average molecular weight is 285 g/mol. The van der Waals surface area contributed by atoms with E-state index in [0.717, 1.165) is 10.8 Å². The Morgan fingerprint density at radius 3 is 2.56 bits per heavy atom. The fourth-order valence-electron chi connectivity index (χ4n) is 1.67. The van der Waals surface area contributed by atoms with Crippen LogP contribution in [0.15, 0.2) is 42.5 Å². The number of rotatable bonds is 5. The van der Waals surface area contributed by atoms with E-state index in [1.165, 1.54) is 0 Å². The topological polar surface area (TPSA) is 58.2 Å². The summed E-state index contributed by atoms with van der Waals surface area (Å²) in [5.41, 5.74) is 0.551. The Labute approximate surface area is 111 Å². The van der Waals surface area contributed by atoms with E-state index in [-0.39, 0.29) is 12.4 Å². The molecule has 0 bridgehead atoms. The first-order chi connectivity index (χ1) is 8.62. The van der Waals surface area contributed by atoms with E-state index in [4.69, 9.17) is 11.6 Å². The Bertz CT molecular complexity index is 638. The molecule has 0 aliphatic heterocycles. The molecule has 0 atom stereocenters. The number of fused-ring (bicyclic) bond motifs is 1. The van der Waals surface area contributed by atoms with Crippen LogP contribution >= 0.6 is 11.6 Å². The van der Waals surface area contributed by atoms with Gasteiger partial charge < -0.3 is 0 Å². The number of hydrogen-bond donors (Lipinski definition) is 2. The second-order valence-electron chi connectivity index (χ2n) is 3.72. The predicted molar refractivity (Wildman–Crippen MR) is 75.2 cm³/mol. The van der Waals surface area contributed by atoms with Crippen LogP contribution in [0, 0.1) is 0 Å². The van der Waals surface area contributed by atoms with Gasteiger partial charge in [0.1, 0.15) is 0 Å². The van der Waals surface area contributed by atoms with Crippen LogP contribution in [0.5, 0.6) is 0 Å². The van der Waals surface area contributed by atoms with E-state index in [1.807, 2.05) is 36.4 Å². The molecule has 18 heavy (non-hydrogen) atoms. The first kappa shape index (κ1) is 13.1. The highest BCUT2D eigenvalue weighted by atomic mass is 35.5. The molecule has 0 fully saturated rings. The standard InChI is InChI=1S/C12H13ClN2O2S/c13-8-9-14-18(16,17)15-12-7-3-5-10-4-1-2-6-11(10)12/h1-7,14-15H,8-9H2. The maximum Gasteiger partial charge on any atom is 0.299 e. The molecule has 6 heteroatoms. The van der Waals surface area contributed by atoms with E-state index >= 15 is 0 Å². The third-order valence-electron chi connectivity index (χ3n) is 2.42. The SMILES string of the molecule is O=S(=O)(NCCCl)Nc1cccc2ccccc12. The summed E-state index contributed by atoms with van der Waals surface area (Å²) >= 11 is 5.45. The number of nitrogens with one attached hydrogen (secondary N) is 2. The van der Waals surface area contributed by atoms with Crippen molar-refractivity contribution in [1.29, 1.82) is 0 Å². The molecule has 0 unspecified atom stereocenters. The smallest absolute Gasteiger partial charge is 0.270 e. The van der Waals surface area contributed by atoms with Crippen LogP contribution in [-0.2, 0) is 10.2 Å². The molecule has 2 N–H and O–H groups in total. The van der Waals surface area contributed by atoms with Crippen molar-refractivity contribution in [3.63, 3.8) is 0 Å². The summed E-state index contributed by atoms with van der Waals surface area (Å²) in [6.45, 7) is 0.196. The molecular formula is C12H13ClN2O2S. The first-order valence-corrected chi connectivity index (χ1v) is 7.45. The van der Waals surface area contributed by atoms with Gasteiger partial charge in [-0.1, -0.05) is 36.4 Å². The molecule has 0 aliphatic rings. The lowest BCUT2D eigenvalue weighted by molar-refractivity contribution is 0.589. The number of anilines is 1. The summed E-state index contributed by atoms with van der Waals surface area (Å²) in [5, 5.41) is 1.84. The minimum absolute atomic E-state index is 0.196. The predicted octanol–water partition coefficient (Wildman–Crippen LogP) is 2.32. The molecule has 0 spiro atoms. The van der Waals surface area contributed by atoms with Crippen LogP contribution in [0.1, 0.15) is 0 Å². The molecule has 0 radical (unpaired) electrons. The summed E-state index contributed by atoms with van der Waals surface area (Å²) in [5.74, 6) is 0.233. The lowest BCUT2D eigenvalue weighted by Gasteiger charge is -2.10. The number of alkyl halides is 1. The third kappa shape index (κ3) is 3.13. The molecule has 2 rings (SSSR count). The zero-order chi connectivity index (χ0) is 13.0. The van der Waals surface area contributed by atoms with E-state index in [9.17, 15) is 8.42 Å². The summed E-state index contributed by atoms with van der Waals surface area (Å²) in [4.78, 5) is 0. The minimum Gasteiger partial charge on any atom is -0.270 e. The highest BCUT2D eigenvalue weighted by Crippen LogP contribution is 2.23. The summed E-state index contributed by atoms with van der Waals surface area (Å²) in [7, 11) is -3.57. The van der Waals surface area contributed by atoms with Gasteiger partial charge in [0.2, 0.25) is 0 Å². The molecule has 96 valence electrons. The Kier molecular flexibility index (Phi) is 4.06. The lowest BCUT2D eigenvalue weighted by atomic mass is 10.1. The van der Waals surface area contributed by atoms with Crippen LogP contribution < -0.4 is 9.44 Å². The van der Waals surface area contributed by atoms with Crippen LogP contribution in [0.25, 0.3) is 10.8 Å². The van der Waals surface area contributed by atoms with Gasteiger partial charge in [0.05, 0.1) is 5.69 Å². The highest BCUT2D eigenvalue weighted by molar-refractivity contribution is 7.90. The van der Waals surface area contributed by atoms with Crippen molar-refractivity contribution in [3.8, 4) is 0 Å². The third-order valence-corrected chi connectivity index (χ3v) is 3.68. The van der Waals surface area contributed by atoms with Gasteiger partial charge in [0.25, 0.3) is 10.2 Å². The van der Waals surface area contributed by atoms with Gasteiger partial charge in [-0.3, -0.25) is 4.72 Å². The largest absolute Gasteiger partial charge is 0.299 e. The van der Waals surface area contributed by atoms with Gasteiger partial charge in [-0.05, 0) is 11.5 Å². The molecule has 0 aromatic heterocycles. The highest BCUT2D eigenvalue weighted by Gasteiger charge is 2.10. The first-order valence-electron chi connectivity index (χ1n) is 5.43. The molecule has 0 aliphatic carbocycles. The molecule has 4 nitrogen and oxygen atoms in total. The summed E-state index contributed by atoms with van der Waals surface area (Å²) in [6.07, 6.45) is 0. The molecule has 0 saturated carbocycles. The average Bonchev–Trinajstić information content (AvgIpc) is 2.37. The molecule has 0 heterocycles. The molecule has 0 saturated heterocycles. The monoisotopic (exact) mass is 284 g/mol. The molecule has 2 aromatic rings. The van der Waals surface area contributed by atoms with E-state index < -0.39 is 10.2 Å². The molecular weight excluding hydrogens is 272 g/mol. The summed E-state index contributed by atoms with van der Waals surface area (Å²) in [6, 6.07) is 13.0. The Hall–Kier alpha value is -1.30. The fraction of sp³-hybridized carbons (Fsp3) is 0.167. The van der Waals surface area contributed by atoms with Gasteiger partial charge in [-0.15, -0.1) is 11.6 Å². The maximum atomic E-state index is 11.7. The second-order valence-corrected chi connectivity index (χ2v) is 5.59. The quantitative estimate of drug-likeness (QED) is 0.828. The van der Waals surface area contributed by atoms with Gasteiger partial charge in [0.15, 0.2) is 0 Å². The van der Waals surface area contributed by atoms with Crippen molar-refractivity contribution in [2.24, 2.45) is 0 Å². The van der Waals surface area contributed by atoms with Crippen LogP contribution in [0.2, 0.25) is 0 Å². The number of benzene rings is 2. The van der Waals surface area contributed by atoms with Crippen LogP contribution in [-0.4, -0.2) is 20.8 Å². The zero-order valence-electron chi connectivity index (χ0n) is 9.56. The summed E-state index contributed by atoms with van der Waals surface area (Å²) < 4.78 is 28.3. The number of hydrogen-bond acceptors (Lipinski definition) is 2. The normalized spacial score (nSPS) is 11.6. The second kappa shape index (κ2) is 5.56. The van der Waals surface area contributed by atoms with Gasteiger partial charge in [-0.2, -0.15) is 13.1 Å². The molecule has 2 aromatic carbocycles. The maximum absolute atomic E-state index is 11.7. The molecule has 0 amide bonds. The van der Waals surface area contributed by atoms with Gasteiger partial charge in [0, 0.05) is 17.8 Å². The van der Waals surface area contributed by atoms with Crippen LogP contribution in [0.4, 0.5) is 5.69 Å². The van der Waals surface area contributed by atoms with Crippen LogP contribution in [0.3, 0.4) is 0 Å². The van der Waals surface area contributed by atoms with Gasteiger partial charge in [-0.25, -0.2) is 0 Å². The van der Waals surface area contributed by atoms with Crippen molar-refractivity contribution >= 4 is 38.3 Å². The number of halogens is 1. The van der Waals surface area contributed by atoms with Crippen molar-refractivity contribution in [1.82, 2.24) is 4.72 Å². The van der Waals surface area contributed by atoms with E-state index in [2.05, 4.69) is 9.44 Å². The van der Waals surface area contributed by atoms with Gasteiger partial charge >= 0.3 is 0 Å². The van der Waals surface area contributed by atoms with E-state index in [1.54, 1.807) is 6.07 Å². The zero-order valence-corrected chi connectivity index (χ0v) is 11.1. The Balaban J connectivity index is 2.32. The van der Waals surface area contributed by atoms with Crippen molar-refractivity contribution in [2.75, 3.05) is 17.1 Å². The Morgan fingerprint density at radius 2 is 1.78 bits per heavy atom. The lowest BCUT2D eigenvalue weighted by Crippen LogP contribution is -2.31. The van der Waals surface area contributed by atoms with Crippen molar-refractivity contribution in [2.45, 2.75) is 0 Å². The Morgan fingerprint density at radius 1 is 1.06 bits per heavy atom. The van der Waals surface area contributed by atoms with E-state index in [0.29, 0.717) is 5.69 Å². The van der Waals surface area contributed by atoms with Crippen molar-refractivity contribution < 1.29 is 8.42 Å². The minimum atomic E-state index is -3.57. The fourth-order valence-corrected chi connectivity index (χ4v) is 2.79.